The van der Waals surface area contributed by atoms with E-state index in [1.165, 1.54) is 41.4 Å². The van der Waals surface area contributed by atoms with Crippen LogP contribution >= 0.6 is 11.8 Å². The maximum absolute atomic E-state index is 6.29. The molecule has 0 radical (unpaired) electrons. The van der Waals surface area contributed by atoms with Crippen LogP contribution in [-0.4, -0.2) is 4.09 Å². The van der Waals surface area contributed by atoms with Crippen LogP contribution in [0.2, 0.25) is 0 Å². The Hall–Kier alpha value is -0.950. The number of halogens is 1. The van der Waals surface area contributed by atoms with E-state index in [9.17, 15) is 0 Å². The standard InChI is InChI=1S/C12H12ClN/c13-14-11-7-3-1-5-9(11)10-6-2-4-8-12(10)14/h1,3,5,7H,2,4,6,8H2. The highest BCUT2D eigenvalue weighted by Crippen LogP contribution is 2.32. The van der Waals surface area contributed by atoms with Crippen LogP contribution in [0.1, 0.15) is 24.1 Å². The monoisotopic (exact) mass is 205 g/mol. The normalized spacial score (nSPS) is 15.8. The highest BCUT2D eigenvalue weighted by molar-refractivity contribution is 6.20. The van der Waals surface area contributed by atoms with Crippen molar-refractivity contribution in [3.8, 4) is 0 Å². The minimum absolute atomic E-state index is 1.13. The molecule has 1 aromatic carbocycles. The molecule has 0 N–H and O–H groups in total. The average Bonchev–Trinajstić information content (AvgIpc) is 2.55. The molecule has 0 amide bonds. The fourth-order valence-corrected chi connectivity index (χ4v) is 2.78. The van der Waals surface area contributed by atoms with Gasteiger partial charge in [-0.1, -0.05) is 18.2 Å². The molecule has 0 spiro atoms. The molecule has 1 heterocycles. The van der Waals surface area contributed by atoms with Crippen LogP contribution < -0.4 is 0 Å². The van der Waals surface area contributed by atoms with Crippen molar-refractivity contribution in [3.05, 3.63) is 35.5 Å². The number of para-hydroxylation sites is 1. The topological polar surface area (TPSA) is 4.93 Å². The molecule has 0 bridgehead atoms. The van der Waals surface area contributed by atoms with E-state index in [0.29, 0.717) is 0 Å². The third kappa shape index (κ3) is 1.02. The largest absolute Gasteiger partial charge is 0.257 e. The lowest BCUT2D eigenvalue weighted by Gasteiger charge is -2.11. The summed E-state index contributed by atoms with van der Waals surface area (Å²) >= 11 is 6.29. The van der Waals surface area contributed by atoms with Crippen LogP contribution in [0.15, 0.2) is 24.3 Å². The van der Waals surface area contributed by atoms with Crippen molar-refractivity contribution in [2.24, 2.45) is 0 Å². The van der Waals surface area contributed by atoms with Gasteiger partial charge in [-0.2, -0.15) is 0 Å². The van der Waals surface area contributed by atoms with E-state index in [1.54, 1.807) is 0 Å². The van der Waals surface area contributed by atoms with E-state index in [-0.39, 0.29) is 0 Å². The van der Waals surface area contributed by atoms with Crippen molar-refractivity contribution in [1.29, 1.82) is 0 Å². The van der Waals surface area contributed by atoms with Gasteiger partial charge in [0.1, 0.15) is 0 Å². The molecule has 1 aliphatic carbocycles. The van der Waals surface area contributed by atoms with Gasteiger partial charge >= 0.3 is 0 Å². The zero-order valence-electron chi connectivity index (χ0n) is 7.96. The summed E-state index contributed by atoms with van der Waals surface area (Å²) in [6, 6.07) is 8.42. The molecular formula is C12H12ClN. The Labute approximate surface area is 88.4 Å². The van der Waals surface area contributed by atoms with Gasteiger partial charge in [-0.25, -0.2) is 0 Å². The second-order valence-electron chi connectivity index (χ2n) is 3.93. The van der Waals surface area contributed by atoms with Crippen LogP contribution in [0.5, 0.6) is 0 Å². The Kier molecular flexibility index (Phi) is 1.81. The summed E-state index contributed by atoms with van der Waals surface area (Å²) in [4.78, 5) is 0. The number of aromatic nitrogens is 1. The number of nitrogens with zero attached hydrogens (tertiary/aromatic N) is 1. The first-order valence-corrected chi connectivity index (χ1v) is 5.49. The molecule has 1 aliphatic rings. The minimum atomic E-state index is 1.13. The number of aryl methyl sites for hydroxylation is 1. The Morgan fingerprint density at radius 3 is 2.79 bits per heavy atom. The van der Waals surface area contributed by atoms with Gasteiger partial charge in [-0.15, -0.1) is 0 Å². The number of hydrogen-bond donors (Lipinski definition) is 0. The molecular weight excluding hydrogens is 194 g/mol. The van der Waals surface area contributed by atoms with Crippen LogP contribution in [0.4, 0.5) is 0 Å². The van der Waals surface area contributed by atoms with Gasteiger partial charge in [0.05, 0.1) is 5.52 Å². The maximum Gasteiger partial charge on any atom is 0.0653 e. The highest BCUT2D eigenvalue weighted by atomic mass is 35.5. The quantitative estimate of drug-likeness (QED) is 0.620. The van der Waals surface area contributed by atoms with Gasteiger partial charge in [0.15, 0.2) is 0 Å². The van der Waals surface area contributed by atoms with Crippen LogP contribution in [0.25, 0.3) is 10.9 Å². The molecule has 0 saturated heterocycles. The number of benzene rings is 1. The maximum atomic E-state index is 6.29. The van der Waals surface area contributed by atoms with Gasteiger partial charge in [0.25, 0.3) is 0 Å². The number of rotatable bonds is 0. The molecule has 14 heavy (non-hydrogen) atoms. The van der Waals surface area contributed by atoms with E-state index in [4.69, 9.17) is 11.8 Å². The van der Waals surface area contributed by atoms with Crippen molar-refractivity contribution in [3.63, 3.8) is 0 Å². The summed E-state index contributed by atoms with van der Waals surface area (Å²) in [5, 5.41) is 1.34. The second kappa shape index (κ2) is 3.03. The summed E-state index contributed by atoms with van der Waals surface area (Å²) in [6.45, 7) is 0. The minimum Gasteiger partial charge on any atom is -0.257 e. The number of hydrogen-bond acceptors (Lipinski definition) is 0. The SMILES string of the molecule is Cln1c2c(c3ccccc31)CCCC2. The Morgan fingerprint density at radius 2 is 1.86 bits per heavy atom. The Bertz CT molecular complexity index is 484. The van der Waals surface area contributed by atoms with Crippen LogP contribution in [0, 0.1) is 0 Å². The van der Waals surface area contributed by atoms with Gasteiger partial charge in [-0.05, 0) is 37.3 Å². The van der Waals surface area contributed by atoms with E-state index >= 15 is 0 Å². The molecule has 2 aromatic rings. The fourth-order valence-electron chi connectivity index (χ4n) is 2.44. The van der Waals surface area contributed by atoms with Crippen molar-refractivity contribution in [2.75, 3.05) is 0 Å². The zero-order valence-corrected chi connectivity index (χ0v) is 8.72. The van der Waals surface area contributed by atoms with E-state index < -0.39 is 0 Å². The first-order chi connectivity index (χ1) is 6.88. The molecule has 0 unspecified atom stereocenters. The Morgan fingerprint density at radius 1 is 1.07 bits per heavy atom. The van der Waals surface area contributed by atoms with Gasteiger partial charge in [-0.3, -0.25) is 4.09 Å². The Balaban J connectivity index is 2.41. The van der Waals surface area contributed by atoms with E-state index in [1.807, 2.05) is 10.2 Å². The number of fused-ring (bicyclic) bond motifs is 3. The zero-order chi connectivity index (χ0) is 9.54. The van der Waals surface area contributed by atoms with E-state index in [0.717, 1.165) is 6.42 Å². The van der Waals surface area contributed by atoms with Crippen LogP contribution in [0.3, 0.4) is 0 Å². The lowest BCUT2D eigenvalue weighted by molar-refractivity contribution is 0.674. The fraction of sp³-hybridized carbons (Fsp3) is 0.333. The lowest BCUT2D eigenvalue weighted by Crippen LogP contribution is -2.02. The predicted molar refractivity (Wildman–Crippen MR) is 59.8 cm³/mol. The van der Waals surface area contributed by atoms with Crippen molar-refractivity contribution in [2.45, 2.75) is 25.7 Å². The lowest BCUT2D eigenvalue weighted by atomic mass is 9.96. The molecule has 0 fully saturated rings. The third-order valence-electron chi connectivity index (χ3n) is 3.12. The molecule has 0 aliphatic heterocycles. The molecule has 0 saturated carbocycles. The molecule has 3 rings (SSSR count). The molecule has 1 nitrogen and oxygen atoms in total. The molecule has 2 heteroatoms. The predicted octanol–water partition coefficient (Wildman–Crippen LogP) is 3.52. The summed E-state index contributed by atoms with van der Waals surface area (Å²) in [6.07, 6.45) is 4.90. The highest BCUT2D eigenvalue weighted by Gasteiger charge is 2.18. The van der Waals surface area contributed by atoms with Gasteiger partial charge in [0.2, 0.25) is 0 Å². The summed E-state index contributed by atoms with van der Waals surface area (Å²) in [5.41, 5.74) is 3.97. The third-order valence-corrected chi connectivity index (χ3v) is 3.50. The van der Waals surface area contributed by atoms with Crippen LogP contribution in [-0.2, 0) is 12.8 Å². The molecule has 0 atom stereocenters. The van der Waals surface area contributed by atoms with Crippen molar-refractivity contribution in [1.82, 2.24) is 4.09 Å². The summed E-state index contributed by atoms with van der Waals surface area (Å²) < 4.78 is 1.85. The summed E-state index contributed by atoms with van der Waals surface area (Å²) in [5.74, 6) is 0. The molecule has 1 aromatic heterocycles. The molecule has 72 valence electrons. The van der Waals surface area contributed by atoms with E-state index in [2.05, 4.69) is 18.2 Å². The average molecular weight is 206 g/mol. The van der Waals surface area contributed by atoms with Gasteiger partial charge in [0, 0.05) is 22.9 Å². The smallest absolute Gasteiger partial charge is 0.0653 e. The second-order valence-corrected chi connectivity index (χ2v) is 4.27. The van der Waals surface area contributed by atoms with Crippen molar-refractivity contribution >= 4 is 22.7 Å². The van der Waals surface area contributed by atoms with Gasteiger partial charge < -0.3 is 0 Å². The first kappa shape index (κ1) is 8.37. The van der Waals surface area contributed by atoms with Crippen molar-refractivity contribution < 1.29 is 0 Å². The first-order valence-electron chi connectivity index (χ1n) is 5.15. The summed E-state index contributed by atoms with van der Waals surface area (Å²) in [7, 11) is 0.